The standard InChI is InChI=1S/C11H17N3/c1-7-10-5-4-9(12)6-14(10)11(13-7)8-2-3-8/h8-9H,2-6,12H2,1H3. The normalized spacial score (nSPS) is 26.3. The summed E-state index contributed by atoms with van der Waals surface area (Å²) in [4.78, 5) is 4.70. The second-order valence-electron chi connectivity index (χ2n) is 4.69. The molecule has 76 valence electrons. The van der Waals surface area contributed by atoms with Crippen LogP contribution in [0.1, 0.15) is 42.4 Å². The summed E-state index contributed by atoms with van der Waals surface area (Å²) in [6, 6.07) is 0.341. The van der Waals surface area contributed by atoms with E-state index in [2.05, 4.69) is 11.5 Å². The van der Waals surface area contributed by atoms with Crippen molar-refractivity contribution < 1.29 is 0 Å². The zero-order chi connectivity index (χ0) is 9.71. The van der Waals surface area contributed by atoms with Gasteiger partial charge in [-0.3, -0.25) is 0 Å². The van der Waals surface area contributed by atoms with E-state index in [9.17, 15) is 0 Å². The highest BCUT2D eigenvalue weighted by atomic mass is 15.1. The Morgan fingerprint density at radius 2 is 2.14 bits per heavy atom. The van der Waals surface area contributed by atoms with Gasteiger partial charge in [0.1, 0.15) is 5.82 Å². The van der Waals surface area contributed by atoms with Crippen LogP contribution in [-0.2, 0) is 13.0 Å². The molecule has 3 rings (SSSR count). The lowest BCUT2D eigenvalue weighted by Gasteiger charge is -2.22. The molecular formula is C11H17N3. The Labute approximate surface area is 84.3 Å². The van der Waals surface area contributed by atoms with Crippen molar-refractivity contribution in [3.05, 3.63) is 17.2 Å². The van der Waals surface area contributed by atoms with Gasteiger partial charge in [-0.25, -0.2) is 4.98 Å². The Kier molecular flexibility index (Phi) is 1.71. The van der Waals surface area contributed by atoms with E-state index in [-0.39, 0.29) is 0 Å². The topological polar surface area (TPSA) is 43.8 Å². The van der Waals surface area contributed by atoms with Gasteiger partial charge in [0.05, 0.1) is 5.69 Å². The van der Waals surface area contributed by atoms with E-state index in [4.69, 9.17) is 10.7 Å². The predicted molar refractivity (Wildman–Crippen MR) is 55.2 cm³/mol. The van der Waals surface area contributed by atoms with Crippen LogP contribution in [0.15, 0.2) is 0 Å². The summed E-state index contributed by atoms with van der Waals surface area (Å²) >= 11 is 0. The summed E-state index contributed by atoms with van der Waals surface area (Å²) in [7, 11) is 0. The van der Waals surface area contributed by atoms with Crippen LogP contribution in [0.5, 0.6) is 0 Å². The summed E-state index contributed by atoms with van der Waals surface area (Å²) < 4.78 is 2.39. The third kappa shape index (κ3) is 1.19. The van der Waals surface area contributed by atoms with Crippen LogP contribution < -0.4 is 5.73 Å². The molecule has 1 aliphatic carbocycles. The van der Waals surface area contributed by atoms with E-state index >= 15 is 0 Å². The average Bonchev–Trinajstić information content (AvgIpc) is 2.93. The van der Waals surface area contributed by atoms with E-state index in [0.29, 0.717) is 6.04 Å². The number of fused-ring (bicyclic) bond motifs is 1. The fraction of sp³-hybridized carbons (Fsp3) is 0.727. The van der Waals surface area contributed by atoms with Crippen LogP contribution in [0.3, 0.4) is 0 Å². The number of nitrogens with zero attached hydrogens (tertiary/aromatic N) is 2. The number of aromatic nitrogens is 2. The van der Waals surface area contributed by atoms with Gasteiger partial charge in [0, 0.05) is 24.2 Å². The lowest BCUT2D eigenvalue weighted by atomic mass is 10.0. The molecule has 3 heteroatoms. The van der Waals surface area contributed by atoms with Gasteiger partial charge < -0.3 is 10.3 Å². The van der Waals surface area contributed by atoms with Crippen molar-refractivity contribution >= 4 is 0 Å². The van der Waals surface area contributed by atoms with Crippen molar-refractivity contribution in [2.24, 2.45) is 5.73 Å². The number of nitrogens with two attached hydrogens (primary N) is 1. The smallest absolute Gasteiger partial charge is 0.112 e. The van der Waals surface area contributed by atoms with Crippen LogP contribution in [0, 0.1) is 6.92 Å². The highest BCUT2D eigenvalue weighted by molar-refractivity contribution is 5.22. The Balaban J connectivity index is 2.05. The summed E-state index contributed by atoms with van der Waals surface area (Å²) in [6.07, 6.45) is 4.89. The van der Waals surface area contributed by atoms with E-state index in [0.717, 1.165) is 25.3 Å². The molecule has 0 radical (unpaired) electrons. The minimum absolute atomic E-state index is 0.341. The Morgan fingerprint density at radius 3 is 2.86 bits per heavy atom. The lowest BCUT2D eigenvalue weighted by Crippen LogP contribution is -2.32. The first-order chi connectivity index (χ1) is 6.75. The van der Waals surface area contributed by atoms with Crippen LogP contribution >= 0.6 is 0 Å². The van der Waals surface area contributed by atoms with Crippen molar-refractivity contribution in [3.63, 3.8) is 0 Å². The number of rotatable bonds is 1. The molecule has 0 spiro atoms. The van der Waals surface area contributed by atoms with Crippen molar-refractivity contribution in [3.8, 4) is 0 Å². The minimum Gasteiger partial charge on any atom is -0.330 e. The maximum atomic E-state index is 6.00. The Morgan fingerprint density at radius 1 is 1.36 bits per heavy atom. The molecule has 0 aromatic carbocycles. The molecule has 1 fully saturated rings. The zero-order valence-electron chi connectivity index (χ0n) is 8.66. The molecule has 0 saturated heterocycles. The molecule has 1 atom stereocenters. The maximum Gasteiger partial charge on any atom is 0.112 e. The second-order valence-corrected chi connectivity index (χ2v) is 4.69. The van der Waals surface area contributed by atoms with Gasteiger partial charge in [0.25, 0.3) is 0 Å². The molecule has 1 aromatic rings. The Hall–Kier alpha value is -0.830. The Bertz CT molecular complexity index is 363. The number of hydrogen-bond acceptors (Lipinski definition) is 2. The van der Waals surface area contributed by atoms with Crippen LogP contribution in [-0.4, -0.2) is 15.6 Å². The van der Waals surface area contributed by atoms with Gasteiger partial charge in [-0.1, -0.05) is 0 Å². The van der Waals surface area contributed by atoms with Gasteiger partial charge in [0.2, 0.25) is 0 Å². The molecule has 2 N–H and O–H groups in total. The molecule has 1 aliphatic heterocycles. The summed E-state index contributed by atoms with van der Waals surface area (Å²) in [5.41, 5.74) is 8.67. The maximum absolute atomic E-state index is 6.00. The highest BCUT2D eigenvalue weighted by Crippen LogP contribution is 2.40. The van der Waals surface area contributed by atoms with Crippen LogP contribution in [0.4, 0.5) is 0 Å². The molecular weight excluding hydrogens is 174 g/mol. The molecule has 0 amide bonds. The molecule has 2 heterocycles. The average molecular weight is 191 g/mol. The first-order valence-electron chi connectivity index (χ1n) is 5.57. The molecule has 1 aromatic heterocycles. The number of imidazole rings is 1. The lowest BCUT2D eigenvalue weighted by molar-refractivity contribution is 0.448. The fourth-order valence-electron chi connectivity index (χ4n) is 2.45. The van der Waals surface area contributed by atoms with E-state index in [1.807, 2.05) is 0 Å². The molecule has 2 aliphatic rings. The van der Waals surface area contributed by atoms with Gasteiger partial charge >= 0.3 is 0 Å². The van der Waals surface area contributed by atoms with E-state index in [1.165, 1.54) is 30.1 Å². The van der Waals surface area contributed by atoms with Gasteiger partial charge in [-0.05, 0) is 32.6 Å². The SMILES string of the molecule is Cc1nc(C2CC2)n2c1CCC(N)C2. The first-order valence-corrected chi connectivity index (χ1v) is 5.57. The van der Waals surface area contributed by atoms with Crippen molar-refractivity contribution in [2.75, 3.05) is 0 Å². The fourth-order valence-corrected chi connectivity index (χ4v) is 2.45. The summed E-state index contributed by atoms with van der Waals surface area (Å²) in [5.74, 6) is 2.06. The molecule has 1 unspecified atom stereocenters. The van der Waals surface area contributed by atoms with Crippen molar-refractivity contribution in [1.29, 1.82) is 0 Å². The van der Waals surface area contributed by atoms with Gasteiger partial charge in [-0.15, -0.1) is 0 Å². The molecule has 3 nitrogen and oxygen atoms in total. The third-order valence-electron chi connectivity index (χ3n) is 3.41. The van der Waals surface area contributed by atoms with E-state index < -0.39 is 0 Å². The van der Waals surface area contributed by atoms with Crippen molar-refractivity contribution in [1.82, 2.24) is 9.55 Å². The summed E-state index contributed by atoms with van der Waals surface area (Å²) in [5, 5.41) is 0. The largest absolute Gasteiger partial charge is 0.330 e. The quantitative estimate of drug-likeness (QED) is 0.728. The first kappa shape index (κ1) is 8.48. The van der Waals surface area contributed by atoms with Crippen molar-refractivity contribution in [2.45, 2.75) is 51.1 Å². The number of hydrogen-bond donors (Lipinski definition) is 1. The zero-order valence-corrected chi connectivity index (χ0v) is 8.66. The monoisotopic (exact) mass is 191 g/mol. The van der Waals surface area contributed by atoms with Gasteiger partial charge in [0.15, 0.2) is 0 Å². The number of aryl methyl sites for hydroxylation is 1. The van der Waals surface area contributed by atoms with Crippen LogP contribution in [0.2, 0.25) is 0 Å². The van der Waals surface area contributed by atoms with Crippen LogP contribution in [0.25, 0.3) is 0 Å². The van der Waals surface area contributed by atoms with E-state index in [1.54, 1.807) is 0 Å². The molecule has 1 saturated carbocycles. The molecule has 0 bridgehead atoms. The third-order valence-corrected chi connectivity index (χ3v) is 3.41. The predicted octanol–water partition coefficient (Wildman–Crippen LogP) is 1.34. The molecule has 14 heavy (non-hydrogen) atoms. The van der Waals surface area contributed by atoms with Gasteiger partial charge in [-0.2, -0.15) is 0 Å². The summed E-state index contributed by atoms with van der Waals surface area (Å²) in [6.45, 7) is 3.12. The minimum atomic E-state index is 0.341. The highest BCUT2D eigenvalue weighted by Gasteiger charge is 2.32. The second kappa shape index (κ2) is 2.83.